The van der Waals surface area contributed by atoms with Crippen molar-refractivity contribution >= 4 is 11.3 Å². The molecule has 0 radical (unpaired) electrons. The molecule has 0 spiro atoms. The number of thiazole rings is 1. The Morgan fingerprint density at radius 1 is 1.39 bits per heavy atom. The summed E-state index contributed by atoms with van der Waals surface area (Å²) in [4.78, 5) is 4.90. The average Bonchev–Trinajstić information content (AvgIpc) is 3.22. The maximum atomic E-state index is 4.90. The molecule has 1 aromatic rings. The van der Waals surface area contributed by atoms with E-state index in [9.17, 15) is 0 Å². The number of rotatable bonds is 6. The smallest absolute Gasteiger partial charge is 0.113 e. The molecule has 0 saturated heterocycles. The van der Waals surface area contributed by atoms with Crippen molar-refractivity contribution in [3.63, 3.8) is 0 Å². The molecule has 3 rings (SSSR count). The van der Waals surface area contributed by atoms with Crippen LogP contribution in [-0.2, 0) is 5.54 Å². The maximum absolute atomic E-state index is 4.90. The van der Waals surface area contributed by atoms with Crippen molar-refractivity contribution in [2.75, 3.05) is 0 Å². The van der Waals surface area contributed by atoms with Crippen molar-refractivity contribution in [2.24, 2.45) is 5.92 Å². The van der Waals surface area contributed by atoms with E-state index in [-0.39, 0.29) is 5.54 Å². The van der Waals surface area contributed by atoms with E-state index in [1.54, 1.807) is 0 Å². The highest BCUT2D eigenvalue weighted by atomic mass is 32.1. The van der Waals surface area contributed by atoms with E-state index in [0.717, 1.165) is 12.0 Å². The standard InChI is InChI=1S/C15H24N2S/c1-10(2)13-9-18-14(16-13)15(3,8-11-4-5-11)17-12-6-7-12/h9-12,17H,4-8H2,1-3H3. The molecule has 1 aromatic heterocycles. The summed E-state index contributed by atoms with van der Waals surface area (Å²) in [6.07, 6.45) is 6.81. The van der Waals surface area contributed by atoms with Gasteiger partial charge < -0.3 is 5.32 Å². The SMILES string of the molecule is CC(C)c1csc(C(C)(CC2CC2)NC2CC2)n1. The number of hydrogen-bond acceptors (Lipinski definition) is 3. The van der Waals surface area contributed by atoms with E-state index >= 15 is 0 Å². The summed E-state index contributed by atoms with van der Waals surface area (Å²) in [7, 11) is 0. The molecule has 2 nitrogen and oxygen atoms in total. The van der Waals surface area contributed by atoms with Crippen LogP contribution in [0.2, 0.25) is 0 Å². The molecule has 1 N–H and O–H groups in total. The highest BCUT2D eigenvalue weighted by molar-refractivity contribution is 7.09. The van der Waals surface area contributed by atoms with Gasteiger partial charge in [0, 0.05) is 11.4 Å². The lowest BCUT2D eigenvalue weighted by Gasteiger charge is -2.29. The molecule has 1 heterocycles. The van der Waals surface area contributed by atoms with Crippen molar-refractivity contribution < 1.29 is 0 Å². The van der Waals surface area contributed by atoms with Gasteiger partial charge in [-0.05, 0) is 38.0 Å². The highest BCUT2D eigenvalue weighted by Gasteiger charge is 2.40. The summed E-state index contributed by atoms with van der Waals surface area (Å²) in [6.45, 7) is 6.82. The largest absolute Gasteiger partial charge is 0.303 e. The Hall–Kier alpha value is -0.410. The number of nitrogens with one attached hydrogen (secondary N) is 1. The zero-order chi connectivity index (χ0) is 12.8. The van der Waals surface area contributed by atoms with Crippen LogP contribution in [0.3, 0.4) is 0 Å². The van der Waals surface area contributed by atoms with Crippen molar-refractivity contribution in [2.45, 2.75) is 70.4 Å². The molecule has 0 aliphatic heterocycles. The first kappa shape index (κ1) is 12.6. The third-order valence-electron chi connectivity index (χ3n) is 4.08. The molecule has 2 aliphatic rings. The summed E-state index contributed by atoms with van der Waals surface area (Å²) in [6, 6.07) is 0.750. The quantitative estimate of drug-likeness (QED) is 0.839. The third kappa shape index (κ3) is 2.77. The first-order chi connectivity index (χ1) is 8.57. The van der Waals surface area contributed by atoms with Crippen LogP contribution >= 0.6 is 11.3 Å². The Morgan fingerprint density at radius 3 is 2.61 bits per heavy atom. The van der Waals surface area contributed by atoms with Gasteiger partial charge in [-0.2, -0.15) is 0 Å². The lowest BCUT2D eigenvalue weighted by atomic mass is 9.95. The molecule has 1 unspecified atom stereocenters. The van der Waals surface area contributed by atoms with E-state index in [2.05, 4.69) is 31.5 Å². The fraction of sp³-hybridized carbons (Fsp3) is 0.800. The molecule has 18 heavy (non-hydrogen) atoms. The second-order valence-electron chi connectivity index (χ2n) is 6.63. The van der Waals surface area contributed by atoms with Gasteiger partial charge in [0.15, 0.2) is 0 Å². The second kappa shape index (κ2) is 4.61. The van der Waals surface area contributed by atoms with Crippen molar-refractivity contribution in [3.8, 4) is 0 Å². The molecule has 3 heteroatoms. The summed E-state index contributed by atoms with van der Waals surface area (Å²) in [5.74, 6) is 1.48. The van der Waals surface area contributed by atoms with Crippen LogP contribution in [0.1, 0.15) is 69.5 Å². The average molecular weight is 264 g/mol. The lowest BCUT2D eigenvalue weighted by Crippen LogP contribution is -2.41. The van der Waals surface area contributed by atoms with Crippen LogP contribution in [-0.4, -0.2) is 11.0 Å². The Kier molecular flexibility index (Phi) is 3.23. The number of hydrogen-bond donors (Lipinski definition) is 1. The lowest BCUT2D eigenvalue weighted by molar-refractivity contribution is 0.317. The Morgan fingerprint density at radius 2 is 2.11 bits per heavy atom. The number of nitrogens with zero attached hydrogens (tertiary/aromatic N) is 1. The highest BCUT2D eigenvalue weighted by Crippen LogP contribution is 2.43. The van der Waals surface area contributed by atoms with Gasteiger partial charge in [0.05, 0.1) is 11.2 Å². The second-order valence-corrected chi connectivity index (χ2v) is 7.49. The van der Waals surface area contributed by atoms with Crippen LogP contribution in [0.5, 0.6) is 0 Å². The molecule has 0 aromatic carbocycles. The topological polar surface area (TPSA) is 24.9 Å². The van der Waals surface area contributed by atoms with Gasteiger partial charge in [-0.1, -0.05) is 26.7 Å². The van der Waals surface area contributed by atoms with Crippen LogP contribution < -0.4 is 5.32 Å². The van der Waals surface area contributed by atoms with Gasteiger partial charge in [0.2, 0.25) is 0 Å². The van der Waals surface area contributed by atoms with E-state index in [1.807, 2.05) is 11.3 Å². The van der Waals surface area contributed by atoms with Gasteiger partial charge in [0.1, 0.15) is 5.01 Å². The summed E-state index contributed by atoms with van der Waals surface area (Å²) < 4.78 is 0. The summed E-state index contributed by atoms with van der Waals surface area (Å²) in [5, 5.41) is 7.42. The predicted octanol–water partition coefficient (Wildman–Crippen LogP) is 4.03. The van der Waals surface area contributed by atoms with Gasteiger partial charge in [-0.3, -0.25) is 0 Å². The van der Waals surface area contributed by atoms with Gasteiger partial charge in [-0.15, -0.1) is 11.3 Å². The minimum Gasteiger partial charge on any atom is -0.303 e. The zero-order valence-corrected chi connectivity index (χ0v) is 12.5. The Labute approximate surface area is 114 Å². The van der Waals surface area contributed by atoms with Crippen LogP contribution in [0.25, 0.3) is 0 Å². The first-order valence-corrected chi connectivity index (χ1v) is 8.18. The first-order valence-electron chi connectivity index (χ1n) is 7.30. The van der Waals surface area contributed by atoms with Gasteiger partial charge in [-0.25, -0.2) is 4.98 Å². The Bertz CT molecular complexity index is 402. The van der Waals surface area contributed by atoms with Crippen molar-refractivity contribution in [1.29, 1.82) is 0 Å². The fourth-order valence-electron chi connectivity index (χ4n) is 2.59. The monoisotopic (exact) mass is 264 g/mol. The molecule has 100 valence electrons. The summed E-state index contributed by atoms with van der Waals surface area (Å²) in [5.41, 5.74) is 1.38. The van der Waals surface area contributed by atoms with Crippen molar-refractivity contribution in [1.82, 2.24) is 10.3 Å². The molecule has 2 saturated carbocycles. The van der Waals surface area contributed by atoms with Crippen molar-refractivity contribution in [3.05, 3.63) is 16.1 Å². The minimum absolute atomic E-state index is 0.125. The fourth-order valence-corrected chi connectivity index (χ4v) is 3.71. The molecular formula is C15H24N2S. The Balaban J connectivity index is 1.80. The summed E-state index contributed by atoms with van der Waals surface area (Å²) >= 11 is 1.85. The zero-order valence-electron chi connectivity index (χ0n) is 11.7. The molecule has 0 amide bonds. The third-order valence-corrected chi connectivity index (χ3v) is 5.20. The van der Waals surface area contributed by atoms with E-state index in [0.29, 0.717) is 5.92 Å². The molecule has 0 bridgehead atoms. The number of aromatic nitrogens is 1. The van der Waals surface area contributed by atoms with Gasteiger partial charge in [0.25, 0.3) is 0 Å². The predicted molar refractivity (Wildman–Crippen MR) is 77.1 cm³/mol. The van der Waals surface area contributed by atoms with Gasteiger partial charge >= 0.3 is 0 Å². The minimum atomic E-state index is 0.125. The van der Waals surface area contributed by atoms with E-state index < -0.39 is 0 Å². The molecule has 2 fully saturated rings. The maximum Gasteiger partial charge on any atom is 0.113 e. The van der Waals surface area contributed by atoms with E-state index in [4.69, 9.17) is 4.98 Å². The van der Waals surface area contributed by atoms with Crippen LogP contribution in [0, 0.1) is 5.92 Å². The molecular weight excluding hydrogens is 240 g/mol. The van der Waals surface area contributed by atoms with Crippen LogP contribution in [0.4, 0.5) is 0 Å². The normalized spacial score (nSPS) is 23.3. The van der Waals surface area contributed by atoms with Crippen LogP contribution in [0.15, 0.2) is 5.38 Å². The van der Waals surface area contributed by atoms with E-state index in [1.165, 1.54) is 42.8 Å². The molecule has 1 atom stereocenters. The molecule has 2 aliphatic carbocycles.